The fourth-order valence-corrected chi connectivity index (χ4v) is 24.2. The van der Waals surface area contributed by atoms with Gasteiger partial charge in [0.05, 0.1) is 123 Å². The van der Waals surface area contributed by atoms with Gasteiger partial charge in [-0.25, -0.2) is 42.7 Å². The quantitative estimate of drug-likeness (QED) is 0.0313. The molecule has 0 aromatic carbocycles. The number of nitrogens with zero attached hydrogens (tertiary/aromatic N) is 15. The highest BCUT2D eigenvalue weighted by Gasteiger charge is 2.44. The second-order valence-electron chi connectivity index (χ2n) is 45.9. The zero-order chi connectivity index (χ0) is 108. The molecule has 7 saturated carbocycles. The van der Waals surface area contributed by atoms with Gasteiger partial charge in [-0.3, -0.25) is 14.4 Å². The molecule has 0 aliphatic heterocycles. The maximum absolute atomic E-state index is 14.1. The average Bonchev–Trinajstić information content (AvgIpc) is 1.68. The standard InChI is InChI=1S/C28H38N4O3S.2C27H36N4O3S.C20H26N4O2S.C12H15NO2S/c1-19-6-8-20(9-7-19)26(33)32(22-12-10-21(11-13-22)31-17-16-29-30-31)24-18-23(14-15-28(2,3)4)36-25(24)27(34)35-5;2*1-18-5-7-19(8-6-18)25(32)31(21-11-9-20(10-12-21)30-16-15-28-29-30)23-17-22(13-14-27(2,3)4)35-24(23)26(33)34;1-20(2,3)10-9-16-13-17(18(27-16)19(25)26-4)22-14-5-7-15(8-6-14)24-12-11-21-23-24;1-12(2,3)6-5-8-7-9(13)10(16-8)11(14)15-4/h16-22H,6-13H2,1-5H3;2*15-21H,5-12H2,1-4H3,(H,33,34);11-15,22H,5-8H2,1-4H3;7H,13H2,1-4H3. The molecule has 7 aliphatic carbocycles. The first-order valence-corrected chi connectivity index (χ1v) is 56.7. The lowest BCUT2D eigenvalue weighted by atomic mass is 9.81. The number of nitrogens with one attached hydrogen (secondary N) is 1. The Labute approximate surface area is 899 Å². The molecule has 0 atom stereocenters. The molecule has 9 heterocycles. The van der Waals surface area contributed by atoms with E-state index in [4.69, 9.17) is 15.2 Å². The number of methoxy groups -OCH3 is 3. The molecule has 0 unspecified atom stereocenters. The summed E-state index contributed by atoms with van der Waals surface area (Å²) in [5.41, 5.74) is 7.97. The molecule has 9 aromatic heterocycles. The van der Waals surface area contributed by atoms with Gasteiger partial charge in [-0.1, -0.05) is 101 Å². The van der Waals surface area contributed by atoms with Gasteiger partial charge in [-0.05, 0) is 332 Å². The van der Waals surface area contributed by atoms with Crippen molar-refractivity contribution in [3.8, 4) is 59.2 Å². The molecule has 30 nitrogen and oxygen atoms in total. The third kappa shape index (κ3) is 33.6. The zero-order valence-corrected chi connectivity index (χ0v) is 94.7. The Balaban J connectivity index is 0.000000169. The molecule has 16 rings (SSSR count). The predicted octanol–water partition coefficient (Wildman–Crippen LogP) is 24.1. The van der Waals surface area contributed by atoms with Crippen molar-refractivity contribution < 1.29 is 62.8 Å². The van der Waals surface area contributed by atoms with Crippen LogP contribution in [0.5, 0.6) is 0 Å². The van der Waals surface area contributed by atoms with Crippen molar-refractivity contribution in [2.75, 3.05) is 47.1 Å². The summed E-state index contributed by atoms with van der Waals surface area (Å²) in [7, 11) is 4.14. The van der Waals surface area contributed by atoms with Crippen LogP contribution in [-0.4, -0.2) is 163 Å². The fraction of sp³-hybridized carbons (Fsp3) is 0.596. The first kappa shape index (κ1) is 116. The van der Waals surface area contributed by atoms with Gasteiger partial charge < -0.3 is 50.2 Å². The van der Waals surface area contributed by atoms with Crippen molar-refractivity contribution in [2.45, 2.75) is 353 Å². The minimum Gasteiger partial charge on any atom is -0.477 e. The van der Waals surface area contributed by atoms with Crippen molar-refractivity contribution in [3.05, 3.63) is 129 Å². The van der Waals surface area contributed by atoms with E-state index < -0.39 is 23.9 Å². The summed E-state index contributed by atoms with van der Waals surface area (Å²) in [6.45, 7) is 37.4. The van der Waals surface area contributed by atoms with E-state index in [2.05, 4.69) is 173 Å². The summed E-state index contributed by atoms with van der Waals surface area (Å²) in [6.07, 6.45) is 40.4. The number of hydrogen-bond donors (Lipinski definition) is 4. The lowest BCUT2D eigenvalue weighted by Gasteiger charge is -2.39. The largest absolute Gasteiger partial charge is 0.477 e. The number of carboxylic acid groups (broad SMARTS) is 2. The first-order valence-electron chi connectivity index (χ1n) is 52.6. The number of hydrogen-bond acceptors (Lipinski definition) is 26. The Kier molecular flexibility index (Phi) is 40.7. The molecule has 800 valence electrons. The summed E-state index contributed by atoms with van der Waals surface area (Å²) in [6, 6.07) is 10.8. The van der Waals surface area contributed by atoms with Crippen molar-refractivity contribution in [1.29, 1.82) is 0 Å². The lowest BCUT2D eigenvalue weighted by Crippen LogP contribution is -2.46. The van der Waals surface area contributed by atoms with Crippen LogP contribution in [0.2, 0.25) is 0 Å². The molecule has 35 heteroatoms. The predicted molar refractivity (Wildman–Crippen MR) is 590 cm³/mol. The molecule has 0 spiro atoms. The summed E-state index contributed by atoms with van der Waals surface area (Å²) < 4.78 is 22.4. The van der Waals surface area contributed by atoms with Crippen molar-refractivity contribution >= 4 is 133 Å². The second-order valence-corrected chi connectivity index (χ2v) is 51.1. The zero-order valence-electron chi connectivity index (χ0n) is 90.6. The molecule has 0 saturated heterocycles. The van der Waals surface area contributed by atoms with Crippen LogP contribution in [0.4, 0.5) is 28.4 Å². The van der Waals surface area contributed by atoms with E-state index in [1.807, 2.05) is 145 Å². The molecule has 9 aromatic rings. The van der Waals surface area contributed by atoms with Crippen molar-refractivity contribution in [2.24, 2.45) is 62.6 Å². The van der Waals surface area contributed by atoms with Gasteiger partial charge in [0.25, 0.3) is 0 Å². The smallest absolute Gasteiger partial charge is 0.350 e. The van der Waals surface area contributed by atoms with E-state index in [-0.39, 0.29) is 115 Å². The molecular weight excluding hydrogens is 1980 g/mol. The number of rotatable bonds is 20. The van der Waals surface area contributed by atoms with Crippen LogP contribution in [0, 0.1) is 122 Å². The van der Waals surface area contributed by atoms with Crippen molar-refractivity contribution in [1.82, 2.24) is 60.0 Å². The number of carbonyl (C=O) groups excluding carboxylic acids is 6. The number of aromatic carboxylic acids is 2. The van der Waals surface area contributed by atoms with Crippen LogP contribution in [0.1, 0.15) is 401 Å². The van der Waals surface area contributed by atoms with E-state index in [9.17, 15) is 48.6 Å². The minimum atomic E-state index is -1.000. The molecule has 7 fully saturated rings. The number of carbonyl (C=O) groups is 8. The van der Waals surface area contributed by atoms with Gasteiger partial charge in [0.2, 0.25) is 17.7 Å². The monoisotopic (exact) mass is 2130 g/mol. The van der Waals surface area contributed by atoms with Crippen LogP contribution in [0.25, 0.3) is 0 Å². The minimum absolute atomic E-state index is 0.0104. The Bertz CT molecular complexity index is 6140. The molecule has 3 amide bonds. The first-order chi connectivity index (χ1) is 70.6. The fourth-order valence-electron chi connectivity index (χ4n) is 19.9. The van der Waals surface area contributed by atoms with Gasteiger partial charge in [0, 0.05) is 93.8 Å². The molecule has 7 aliphatic rings. The van der Waals surface area contributed by atoms with Crippen LogP contribution in [0.15, 0.2) is 79.9 Å². The Morgan fingerprint density at radius 3 is 0.846 bits per heavy atom. The molecular formula is C114H151N17O13S5. The third-order valence-corrected chi connectivity index (χ3v) is 33.1. The van der Waals surface area contributed by atoms with E-state index in [0.717, 1.165) is 200 Å². The lowest BCUT2D eigenvalue weighted by molar-refractivity contribution is -0.125. The summed E-state index contributed by atoms with van der Waals surface area (Å²) in [5.74, 6) is 30.7. The number of nitrogen functional groups attached to an aromatic ring is 1. The van der Waals surface area contributed by atoms with Crippen molar-refractivity contribution in [3.63, 3.8) is 0 Å². The molecule has 0 radical (unpaired) electrons. The Hall–Kier alpha value is -11.8. The van der Waals surface area contributed by atoms with E-state index in [1.54, 1.807) is 30.9 Å². The van der Waals surface area contributed by atoms with Crippen LogP contribution in [-0.2, 0) is 28.6 Å². The SMILES string of the molecule is CC1CCC(C(=O)N(c2cc(C#CC(C)(C)C)sc2C(=O)O)C2CCC(n3ccnn3)CC2)CC1.CC1CCC(C(=O)N(c2cc(C#CC(C)(C)C)sc2C(=O)O)C2CCC(n3ccnn3)CC2)CC1.COC(=O)c1sc(C#CC(C)(C)C)cc1N.COC(=O)c1sc(C#CC(C)(C)C)cc1N(C(=O)C1CCC(C)CC1)C1CCC(n2ccnn2)CC1.COC(=O)c1sc(C#CC(C)(C)C)cc1NC1CCC(n2ccnn2)CC1. The molecule has 5 N–H and O–H groups in total. The number of amides is 3. The molecule has 0 bridgehead atoms. The number of ether oxygens (including phenoxy) is 3. The number of aromatic nitrogens is 12. The summed E-state index contributed by atoms with van der Waals surface area (Å²) in [4.78, 5) is 114. The topological polar surface area (TPSA) is 375 Å². The number of nitrogens with two attached hydrogens (primary N) is 1. The van der Waals surface area contributed by atoms with Gasteiger partial charge >= 0.3 is 29.8 Å². The van der Waals surface area contributed by atoms with Crippen LogP contribution < -0.4 is 25.8 Å². The third-order valence-electron chi connectivity index (χ3n) is 27.9. The van der Waals surface area contributed by atoms with Gasteiger partial charge in [-0.2, -0.15) is 0 Å². The number of anilines is 5. The van der Waals surface area contributed by atoms with E-state index in [0.29, 0.717) is 77.0 Å². The van der Waals surface area contributed by atoms with Crippen LogP contribution >= 0.6 is 56.7 Å². The normalized spacial score (nSPS) is 22.3. The highest BCUT2D eigenvalue weighted by molar-refractivity contribution is 7.16. The highest BCUT2D eigenvalue weighted by Crippen LogP contribution is 2.47. The Morgan fingerprint density at radius 2 is 0.577 bits per heavy atom. The van der Waals surface area contributed by atoms with Gasteiger partial charge in [0.15, 0.2) is 0 Å². The summed E-state index contributed by atoms with van der Waals surface area (Å²) >= 11 is 6.32. The average molecular weight is 2130 g/mol. The maximum Gasteiger partial charge on any atom is 0.350 e. The number of thiophene rings is 5. The van der Waals surface area contributed by atoms with Crippen LogP contribution in [0.3, 0.4) is 0 Å². The van der Waals surface area contributed by atoms with Gasteiger partial charge in [0.1, 0.15) is 24.4 Å². The summed E-state index contributed by atoms with van der Waals surface area (Å²) in [5, 5.41) is 56.0. The molecule has 149 heavy (non-hydrogen) atoms. The highest BCUT2D eigenvalue weighted by atomic mass is 32.1. The second kappa shape index (κ2) is 52.3. The van der Waals surface area contributed by atoms with Gasteiger partial charge in [-0.15, -0.1) is 77.1 Å². The number of carboxylic acids is 2. The maximum atomic E-state index is 14.1. The van der Waals surface area contributed by atoms with E-state index in [1.165, 1.54) is 78.0 Å². The number of esters is 3. The Morgan fingerprint density at radius 1 is 0.336 bits per heavy atom. The van der Waals surface area contributed by atoms with E-state index >= 15 is 0 Å².